The van der Waals surface area contributed by atoms with Crippen LogP contribution < -0.4 is 4.90 Å². The molecule has 0 unspecified atom stereocenters. The molecular formula is C11H16ClN3O2. The number of hydrogen-bond acceptors (Lipinski definition) is 5. The van der Waals surface area contributed by atoms with Crippen LogP contribution in [0.5, 0.6) is 0 Å². The van der Waals surface area contributed by atoms with Gasteiger partial charge in [-0.3, -0.25) is 0 Å². The van der Waals surface area contributed by atoms with Gasteiger partial charge in [-0.2, -0.15) is 0 Å². The summed E-state index contributed by atoms with van der Waals surface area (Å²) in [6.45, 7) is 4.98. The zero-order chi connectivity index (χ0) is 12.3. The van der Waals surface area contributed by atoms with Crippen LogP contribution in [0.4, 0.5) is 5.82 Å². The number of hydrogen-bond donors (Lipinski definition) is 1. The molecule has 1 aliphatic heterocycles. The Balaban J connectivity index is 2.29. The summed E-state index contributed by atoms with van der Waals surface area (Å²) in [7, 11) is 0. The molecule has 0 spiro atoms. The summed E-state index contributed by atoms with van der Waals surface area (Å²) in [6, 6.07) is 0. The van der Waals surface area contributed by atoms with E-state index in [0.717, 1.165) is 24.5 Å². The zero-order valence-corrected chi connectivity index (χ0v) is 10.6. The molecular weight excluding hydrogens is 242 g/mol. The van der Waals surface area contributed by atoms with Crippen molar-refractivity contribution in [1.82, 2.24) is 9.97 Å². The van der Waals surface area contributed by atoms with Crippen molar-refractivity contribution in [2.45, 2.75) is 13.3 Å². The fraction of sp³-hybridized carbons (Fsp3) is 0.636. The highest BCUT2D eigenvalue weighted by Crippen LogP contribution is 2.24. The third kappa shape index (κ3) is 2.86. The first kappa shape index (κ1) is 12.5. The molecule has 6 heteroatoms. The zero-order valence-electron chi connectivity index (χ0n) is 9.82. The van der Waals surface area contributed by atoms with Crippen LogP contribution >= 0.6 is 11.6 Å². The molecule has 5 nitrogen and oxygen atoms in total. The summed E-state index contributed by atoms with van der Waals surface area (Å²) in [4.78, 5) is 10.8. The maximum absolute atomic E-state index is 8.92. The van der Waals surface area contributed by atoms with Crippen molar-refractivity contribution in [3.63, 3.8) is 0 Å². The Labute approximate surface area is 105 Å². The van der Waals surface area contributed by atoms with Crippen molar-refractivity contribution >= 4 is 17.4 Å². The molecule has 1 N–H and O–H groups in total. The van der Waals surface area contributed by atoms with Gasteiger partial charge in [0.2, 0.25) is 0 Å². The van der Waals surface area contributed by atoms with Crippen molar-refractivity contribution in [2.75, 3.05) is 37.8 Å². The lowest BCUT2D eigenvalue weighted by Gasteiger charge is -2.29. The standard InChI is InChI=1S/C11H16ClN3O2/c1-8-10(12)13-9(2-5-16)14-11(8)15-3-6-17-7-4-15/h16H,2-7H2,1H3. The van der Waals surface area contributed by atoms with E-state index in [9.17, 15) is 0 Å². The van der Waals surface area contributed by atoms with Gasteiger partial charge in [0, 0.05) is 25.1 Å². The molecule has 0 amide bonds. The molecule has 1 aromatic heterocycles. The Bertz CT molecular complexity index is 395. The lowest BCUT2D eigenvalue weighted by Crippen LogP contribution is -2.37. The highest BCUT2D eigenvalue weighted by molar-refractivity contribution is 6.30. The van der Waals surface area contributed by atoms with Gasteiger partial charge < -0.3 is 14.7 Å². The van der Waals surface area contributed by atoms with E-state index in [1.807, 2.05) is 6.92 Å². The molecule has 0 atom stereocenters. The van der Waals surface area contributed by atoms with Crippen LogP contribution in [0.15, 0.2) is 0 Å². The van der Waals surface area contributed by atoms with Gasteiger partial charge in [0.15, 0.2) is 0 Å². The third-order valence-electron chi connectivity index (χ3n) is 2.75. The molecule has 0 aliphatic carbocycles. The molecule has 94 valence electrons. The Morgan fingerprint density at radius 1 is 1.35 bits per heavy atom. The smallest absolute Gasteiger partial charge is 0.137 e. The maximum atomic E-state index is 8.92. The first-order valence-electron chi connectivity index (χ1n) is 5.69. The van der Waals surface area contributed by atoms with Crippen LogP contribution in [0.2, 0.25) is 5.15 Å². The number of anilines is 1. The van der Waals surface area contributed by atoms with Crippen molar-refractivity contribution in [3.8, 4) is 0 Å². The quantitative estimate of drug-likeness (QED) is 0.812. The number of ether oxygens (including phenoxy) is 1. The molecule has 1 aliphatic rings. The van der Waals surface area contributed by atoms with Crippen molar-refractivity contribution in [3.05, 3.63) is 16.5 Å². The summed E-state index contributed by atoms with van der Waals surface area (Å²) in [5.41, 5.74) is 0.884. The Morgan fingerprint density at radius 2 is 2.06 bits per heavy atom. The monoisotopic (exact) mass is 257 g/mol. The van der Waals surface area contributed by atoms with Crippen LogP contribution in [-0.4, -0.2) is 48.0 Å². The number of rotatable bonds is 3. The van der Waals surface area contributed by atoms with Crippen molar-refractivity contribution in [2.24, 2.45) is 0 Å². The van der Waals surface area contributed by atoms with E-state index in [1.54, 1.807) is 0 Å². The summed E-state index contributed by atoms with van der Waals surface area (Å²) < 4.78 is 5.31. The molecule has 1 saturated heterocycles. The summed E-state index contributed by atoms with van der Waals surface area (Å²) in [6.07, 6.45) is 0.428. The molecule has 0 saturated carbocycles. The van der Waals surface area contributed by atoms with Crippen molar-refractivity contribution < 1.29 is 9.84 Å². The molecule has 17 heavy (non-hydrogen) atoms. The number of aromatic nitrogens is 2. The minimum atomic E-state index is 0.0297. The minimum Gasteiger partial charge on any atom is -0.396 e. The summed E-state index contributed by atoms with van der Waals surface area (Å²) in [5.74, 6) is 1.45. The second-order valence-electron chi connectivity index (χ2n) is 3.95. The Hall–Kier alpha value is -0.910. The summed E-state index contributed by atoms with van der Waals surface area (Å²) in [5, 5.41) is 9.39. The van der Waals surface area contributed by atoms with E-state index in [-0.39, 0.29) is 6.61 Å². The summed E-state index contributed by atoms with van der Waals surface area (Å²) >= 11 is 6.08. The van der Waals surface area contributed by atoms with E-state index in [2.05, 4.69) is 14.9 Å². The van der Waals surface area contributed by atoms with Gasteiger partial charge in [0.05, 0.1) is 19.8 Å². The van der Waals surface area contributed by atoms with Gasteiger partial charge in [0.1, 0.15) is 16.8 Å². The van der Waals surface area contributed by atoms with E-state index in [0.29, 0.717) is 30.6 Å². The minimum absolute atomic E-state index is 0.0297. The highest BCUT2D eigenvalue weighted by atomic mass is 35.5. The fourth-order valence-electron chi connectivity index (χ4n) is 1.82. The van der Waals surface area contributed by atoms with Crippen LogP contribution in [0.25, 0.3) is 0 Å². The maximum Gasteiger partial charge on any atom is 0.137 e. The van der Waals surface area contributed by atoms with Gasteiger partial charge in [0.25, 0.3) is 0 Å². The van der Waals surface area contributed by atoms with Crippen molar-refractivity contribution in [1.29, 1.82) is 0 Å². The number of aliphatic hydroxyl groups excluding tert-OH is 1. The first-order chi connectivity index (χ1) is 8.22. The second-order valence-corrected chi connectivity index (χ2v) is 4.31. The normalized spacial score (nSPS) is 16.3. The Morgan fingerprint density at radius 3 is 2.71 bits per heavy atom. The van der Waals surface area contributed by atoms with Gasteiger partial charge in [-0.25, -0.2) is 9.97 Å². The third-order valence-corrected chi connectivity index (χ3v) is 3.12. The van der Waals surface area contributed by atoms with Gasteiger partial charge >= 0.3 is 0 Å². The molecule has 0 radical (unpaired) electrons. The molecule has 2 heterocycles. The lowest BCUT2D eigenvalue weighted by atomic mass is 10.3. The van der Waals surface area contributed by atoms with E-state index < -0.39 is 0 Å². The van der Waals surface area contributed by atoms with E-state index >= 15 is 0 Å². The second kappa shape index (κ2) is 5.62. The number of halogens is 1. The predicted molar refractivity (Wildman–Crippen MR) is 65.6 cm³/mol. The molecule has 1 aromatic rings. The van der Waals surface area contributed by atoms with E-state index in [4.69, 9.17) is 21.4 Å². The number of aliphatic hydroxyl groups is 1. The lowest BCUT2D eigenvalue weighted by molar-refractivity contribution is 0.122. The average molecular weight is 258 g/mol. The van der Waals surface area contributed by atoms with Gasteiger partial charge in [-0.1, -0.05) is 11.6 Å². The van der Waals surface area contributed by atoms with Crippen LogP contribution in [-0.2, 0) is 11.2 Å². The Kier molecular flexibility index (Phi) is 4.15. The highest BCUT2D eigenvalue weighted by Gasteiger charge is 2.18. The average Bonchev–Trinajstić information content (AvgIpc) is 2.35. The number of nitrogens with zero attached hydrogens (tertiary/aromatic N) is 3. The van der Waals surface area contributed by atoms with Gasteiger partial charge in [-0.05, 0) is 6.92 Å². The molecule has 0 bridgehead atoms. The topological polar surface area (TPSA) is 58.5 Å². The van der Waals surface area contributed by atoms with Gasteiger partial charge in [-0.15, -0.1) is 0 Å². The molecule has 1 fully saturated rings. The molecule has 0 aromatic carbocycles. The largest absolute Gasteiger partial charge is 0.396 e. The molecule has 2 rings (SSSR count). The predicted octanol–water partition coefficient (Wildman–Crippen LogP) is 0.810. The van der Waals surface area contributed by atoms with Crippen LogP contribution in [0, 0.1) is 6.92 Å². The SMILES string of the molecule is Cc1c(Cl)nc(CCO)nc1N1CCOCC1. The van der Waals surface area contributed by atoms with Crippen LogP contribution in [0.1, 0.15) is 11.4 Å². The number of morpholine rings is 1. The van der Waals surface area contributed by atoms with Crippen LogP contribution in [0.3, 0.4) is 0 Å². The first-order valence-corrected chi connectivity index (χ1v) is 6.06. The fourth-order valence-corrected chi connectivity index (χ4v) is 2.00. The van der Waals surface area contributed by atoms with E-state index in [1.165, 1.54) is 0 Å².